The Morgan fingerprint density at radius 3 is 2.15 bits per heavy atom. The number of carbonyl (C=O) groups excluding carboxylic acids is 1. The van der Waals surface area contributed by atoms with Crippen LogP contribution < -0.4 is 19.5 Å². The highest BCUT2D eigenvalue weighted by atomic mass is 16.5. The predicted molar refractivity (Wildman–Crippen MR) is 99.9 cm³/mol. The molecule has 0 aromatic heterocycles. The summed E-state index contributed by atoms with van der Waals surface area (Å²) in [6.45, 7) is 1.94. The van der Waals surface area contributed by atoms with Gasteiger partial charge in [0.05, 0.1) is 14.2 Å². The van der Waals surface area contributed by atoms with Gasteiger partial charge < -0.3 is 24.6 Å². The number of carboxylic acid groups (broad SMARTS) is 1. The SMILES string of the molecule is COc1cc(C(=O)NCCc2ccc(OCC(=O)O)cc2)cc(OC)c1C. The van der Waals surface area contributed by atoms with E-state index in [0.29, 0.717) is 35.8 Å². The highest BCUT2D eigenvalue weighted by molar-refractivity contribution is 5.95. The average Bonchev–Trinajstić information content (AvgIpc) is 2.67. The van der Waals surface area contributed by atoms with E-state index in [9.17, 15) is 9.59 Å². The largest absolute Gasteiger partial charge is 0.496 e. The van der Waals surface area contributed by atoms with Crippen molar-refractivity contribution in [2.45, 2.75) is 13.3 Å². The van der Waals surface area contributed by atoms with Crippen LogP contribution in [0.25, 0.3) is 0 Å². The van der Waals surface area contributed by atoms with Crippen molar-refractivity contribution >= 4 is 11.9 Å². The molecule has 2 N–H and O–H groups in total. The summed E-state index contributed by atoms with van der Waals surface area (Å²) in [6, 6.07) is 10.4. The lowest BCUT2D eigenvalue weighted by atomic mass is 10.1. The minimum absolute atomic E-state index is 0.215. The van der Waals surface area contributed by atoms with Crippen LogP contribution in [-0.4, -0.2) is 44.4 Å². The zero-order valence-electron chi connectivity index (χ0n) is 15.6. The number of nitrogens with one attached hydrogen (secondary N) is 1. The summed E-state index contributed by atoms with van der Waals surface area (Å²) in [5.41, 5.74) is 2.30. The van der Waals surface area contributed by atoms with Crippen LogP contribution in [0, 0.1) is 6.92 Å². The van der Waals surface area contributed by atoms with Crippen LogP contribution in [0.15, 0.2) is 36.4 Å². The number of amides is 1. The molecule has 2 aromatic carbocycles. The molecule has 0 saturated carbocycles. The number of hydrogen-bond donors (Lipinski definition) is 2. The van der Waals surface area contributed by atoms with Crippen molar-refractivity contribution in [3.8, 4) is 17.2 Å². The first-order chi connectivity index (χ1) is 12.9. The van der Waals surface area contributed by atoms with Crippen LogP contribution in [0.3, 0.4) is 0 Å². The van der Waals surface area contributed by atoms with Crippen LogP contribution >= 0.6 is 0 Å². The van der Waals surface area contributed by atoms with Gasteiger partial charge in [0.1, 0.15) is 17.2 Å². The molecule has 27 heavy (non-hydrogen) atoms. The van der Waals surface area contributed by atoms with E-state index >= 15 is 0 Å². The van der Waals surface area contributed by atoms with Crippen molar-refractivity contribution in [2.75, 3.05) is 27.4 Å². The summed E-state index contributed by atoms with van der Waals surface area (Å²) >= 11 is 0. The second kappa shape index (κ2) is 9.47. The average molecular weight is 373 g/mol. The number of hydrogen-bond acceptors (Lipinski definition) is 5. The highest BCUT2D eigenvalue weighted by Gasteiger charge is 2.13. The third-order valence-electron chi connectivity index (χ3n) is 4.00. The molecule has 0 unspecified atom stereocenters. The van der Waals surface area contributed by atoms with Gasteiger partial charge in [-0.15, -0.1) is 0 Å². The second-order valence-electron chi connectivity index (χ2n) is 5.84. The zero-order chi connectivity index (χ0) is 19.8. The van der Waals surface area contributed by atoms with Crippen LogP contribution in [-0.2, 0) is 11.2 Å². The number of benzene rings is 2. The molecule has 0 atom stereocenters. The number of carboxylic acids is 1. The first kappa shape index (κ1) is 20.1. The summed E-state index contributed by atoms with van der Waals surface area (Å²) in [5.74, 6) is 0.441. The fraction of sp³-hybridized carbons (Fsp3) is 0.300. The van der Waals surface area contributed by atoms with Gasteiger partial charge in [-0.05, 0) is 43.2 Å². The molecule has 2 aromatic rings. The maximum atomic E-state index is 12.4. The summed E-state index contributed by atoms with van der Waals surface area (Å²) in [5, 5.41) is 11.5. The standard InChI is InChI=1S/C20H23NO6/c1-13-17(25-2)10-15(11-18(13)26-3)20(24)21-9-8-14-4-6-16(7-5-14)27-12-19(22)23/h4-7,10-11H,8-9,12H2,1-3H3,(H,21,24)(H,22,23). The predicted octanol–water partition coefficient (Wildman–Crippen LogP) is 2.45. The minimum Gasteiger partial charge on any atom is -0.496 e. The number of ether oxygens (including phenoxy) is 3. The fourth-order valence-electron chi connectivity index (χ4n) is 2.54. The van der Waals surface area contributed by atoms with Gasteiger partial charge >= 0.3 is 5.97 Å². The Morgan fingerprint density at radius 1 is 1.04 bits per heavy atom. The molecule has 0 aliphatic heterocycles. The number of aliphatic carboxylic acids is 1. The smallest absolute Gasteiger partial charge is 0.341 e. The topological polar surface area (TPSA) is 94.1 Å². The van der Waals surface area contributed by atoms with Gasteiger partial charge in [0.2, 0.25) is 0 Å². The molecular weight excluding hydrogens is 350 g/mol. The van der Waals surface area contributed by atoms with Crippen molar-refractivity contribution in [2.24, 2.45) is 0 Å². The molecule has 0 radical (unpaired) electrons. The van der Waals surface area contributed by atoms with Gasteiger partial charge in [-0.25, -0.2) is 4.79 Å². The van der Waals surface area contributed by atoms with Crippen molar-refractivity contribution in [1.29, 1.82) is 0 Å². The third kappa shape index (κ3) is 5.64. The molecule has 0 bridgehead atoms. The Bertz CT molecular complexity index is 776. The molecule has 0 aliphatic rings. The molecule has 0 aliphatic carbocycles. The van der Waals surface area contributed by atoms with Gasteiger partial charge in [0.15, 0.2) is 6.61 Å². The fourth-order valence-corrected chi connectivity index (χ4v) is 2.54. The molecule has 0 fully saturated rings. The van der Waals surface area contributed by atoms with E-state index < -0.39 is 5.97 Å². The third-order valence-corrected chi connectivity index (χ3v) is 4.00. The van der Waals surface area contributed by atoms with Crippen molar-refractivity contribution in [3.05, 3.63) is 53.1 Å². The zero-order valence-corrected chi connectivity index (χ0v) is 15.6. The summed E-state index contributed by atoms with van der Waals surface area (Å²) in [7, 11) is 3.10. The van der Waals surface area contributed by atoms with Gasteiger partial charge in [0.25, 0.3) is 5.91 Å². The molecule has 0 heterocycles. The summed E-state index contributed by atoms with van der Waals surface area (Å²) in [4.78, 5) is 22.9. The Balaban J connectivity index is 1.91. The van der Waals surface area contributed by atoms with E-state index in [-0.39, 0.29) is 12.5 Å². The van der Waals surface area contributed by atoms with Crippen molar-refractivity contribution in [3.63, 3.8) is 0 Å². The van der Waals surface area contributed by atoms with Gasteiger partial charge in [-0.2, -0.15) is 0 Å². The Kier molecular flexibility index (Phi) is 7.05. The monoisotopic (exact) mass is 373 g/mol. The van der Waals surface area contributed by atoms with E-state index in [4.69, 9.17) is 19.3 Å². The molecule has 7 heteroatoms. The molecule has 0 spiro atoms. The summed E-state index contributed by atoms with van der Waals surface area (Å²) in [6.07, 6.45) is 0.630. The number of carbonyl (C=O) groups is 2. The Morgan fingerprint density at radius 2 is 1.63 bits per heavy atom. The number of methoxy groups -OCH3 is 2. The van der Waals surface area contributed by atoms with Crippen molar-refractivity contribution in [1.82, 2.24) is 5.32 Å². The Labute approximate surface area is 157 Å². The lowest BCUT2D eigenvalue weighted by molar-refractivity contribution is -0.139. The first-order valence-corrected chi connectivity index (χ1v) is 8.39. The first-order valence-electron chi connectivity index (χ1n) is 8.39. The van der Waals surface area contributed by atoms with E-state index in [1.807, 2.05) is 19.1 Å². The van der Waals surface area contributed by atoms with Crippen LogP contribution in [0.2, 0.25) is 0 Å². The van der Waals surface area contributed by atoms with E-state index in [2.05, 4.69) is 5.32 Å². The number of rotatable bonds is 9. The second-order valence-corrected chi connectivity index (χ2v) is 5.84. The van der Waals surface area contributed by atoms with Crippen LogP contribution in [0.1, 0.15) is 21.5 Å². The molecular formula is C20H23NO6. The quantitative estimate of drug-likeness (QED) is 0.701. The minimum atomic E-state index is -1.02. The van der Waals surface area contributed by atoms with Gasteiger partial charge in [-0.3, -0.25) is 4.79 Å². The Hall–Kier alpha value is -3.22. The maximum absolute atomic E-state index is 12.4. The molecule has 2 rings (SSSR count). The van der Waals surface area contributed by atoms with E-state index in [1.165, 1.54) is 0 Å². The lowest BCUT2D eigenvalue weighted by Gasteiger charge is -2.13. The maximum Gasteiger partial charge on any atom is 0.341 e. The van der Waals surface area contributed by atoms with Crippen LogP contribution in [0.5, 0.6) is 17.2 Å². The normalized spacial score (nSPS) is 10.2. The van der Waals surface area contributed by atoms with E-state index in [1.54, 1.807) is 38.5 Å². The summed E-state index contributed by atoms with van der Waals surface area (Å²) < 4.78 is 15.7. The molecule has 0 saturated heterocycles. The van der Waals surface area contributed by atoms with Gasteiger partial charge in [0, 0.05) is 17.7 Å². The molecule has 1 amide bonds. The highest BCUT2D eigenvalue weighted by Crippen LogP contribution is 2.29. The van der Waals surface area contributed by atoms with Gasteiger partial charge in [-0.1, -0.05) is 12.1 Å². The molecule has 7 nitrogen and oxygen atoms in total. The molecule has 144 valence electrons. The van der Waals surface area contributed by atoms with Crippen LogP contribution in [0.4, 0.5) is 0 Å². The lowest BCUT2D eigenvalue weighted by Crippen LogP contribution is -2.25. The van der Waals surface area contributed by atoms with E-state index in [0.717, 1.165) is 11.1 Å². The van der Waals surface area contributed by atoms with Crippen molar-refractivity contribution < 1.29 is 28.9 Å².